The zero-order chi connectivity index (χ0) is 12.1. The number of nitrogens with two attached hydrogens (primary N) is 1. The van der Waals surface area contributed by atoms with Crippen molar-refractivity contribution in [3.8, 4) is 0 Å². The number of methoxy groups -OCH3 is 1. The Bertz CT molecular complexity index is 231. The number of hydrogen-bond acceptors (Lipinski definition) is 3. The molecule has 0 aromatic rings. The van der Waals surface area contributed by atoms with Gasteiger partial charge < -0.3 is 15.4 Å². The van der Waals surface area contributed by atoms with E-state index in [-0.39, 0.29) is 5.91 Å². The van der Waals surface area contributed by atoms with Crippen LogP contribution >= 0.6 is 0 Å². The molecule has 4 nitrogen and oxygen atoms in total. The van der Waals surface area contributed by atoms with E-state index in [1.54, 1.807) is 7.11 Å². The average Bonchev–Trinajstić information content (AvgIpc) is 2.64. The zero-order valence-electron chi connectivity index (χ0n) is 10.6. The number of hydrogen-bond donors (Lipinski definition) is 1. The summed E-state index contributed by atoms with van der Waals surface area (Å²) in [4.78, 5) is 14.0. The highest BCUT2D eigenvalue weighted by Crippen LogP contribution is 2.23. The summed E-state index contributed by atoms with van der Waals surface area (Å²) in [6.07, 6.45) is 3.29. The fraction of sp³-hybridized carbons (Fsp3) is 0.917. The van der Waals surface area contributed by atoms with Gasteiger partial charge in [-0.1, -0.05) is 13.8 Å². The van der Waals surface area contributed by atoms with Crippen LogP contribution < -0.4 is 5.73 Å². The Morgan fingerprint density at radius 3 is 2.81 bits per heavy atom. The molecular weight excluding hydrogens is 204 g/mol. The topological polar surface area (TPSA) is 55.6 Å². The van der Waals surface area contributed by atoms with Crippen molar-refractivity contribution in [2.75, 3.05) is 20.3 Å². The molecule has 2 atom stereocenters. The molecule has 0 spiro atoms. The van der Waals surface area contributed by atoms with E-state index >= 15 is 0 Å². The highest BCUT2D eigenvalue weighted by Gasteiger charge is 2.31. The number of carbonyl (C=O) groups excluding carboxylic acids is 1. The van der Waals surface area contributed by atoms with Crippen LogP contribution in [0.4, 0.5) is 0 Å². The molecule has 4 heteroatoms. The first-order valence-corrected chi connectivity index (χ1v) is 6.11. The quantitative estimate of drug-likeness (QED) is 0.763. The van der Waals surface area contributed by atoms with Crippen molar-refractivity contribution < 1.29 is 9.53 Å². The fourth-order valence-corrected chi connectivity index (χ4v) is 2.38. The van der Waals surface area contributed by atoms with Gasteiger partial charge >= 0.3 is 0 Å². The molecule has 1 aliphatic heterocycles. The standard InChI is InChI=1S/C12H24N2O2/c1-9(2)7-10-5-4-6-14(10)12(15)11(13)8-16-3/h9-11H,4-8,13H2,1-3H3. The van der Waals surface area contributed by atoms with Gasteiger partial charge in [-0.3, -0.25) is 4.79 Å². The number of ether oxygens (including phenoxy) is 1. The summed E-state index contributed by atoms with van der Waals surface area (Å²) < 4.78 is 4.93. The summed E-state index contributed by atoms with van der Waals surface area (Å²) in [5.41, 5.74) is 5.78. The Kier molecular flexibility index (Phi) is 5.22. The van der Waals surface area contributed by atoms with Crippen molar-refractivity contribution in [3.63, 3.8) is 0 Å². The lowest BCUT2D eigenvalue weighted by Crippen LogP contribution is -2.48. The molecular formula is C12H24N2O2. The third kappa shape index (κ3) is 3.46. The Balaban J connectivity index is 2.53. The van der Waals surface area contributed by atoms with Crippen molar-refractivity contribution in [1.29, 1.82) is 0 Å². The van der Waals surface area contributed by atoms with Crippen molar-refractivity contribution in [3.05, 3.63) is 0 Å². The number of carbonyl (C=O) groups is 1. The summed E-state index contributed by atoms with van der Waals surface area (Å²) in [6.45, 7) is 5.55. The van der Waals surface area contributed by atoms with Crippen LogP contribution in [0.25, 0.3) is 0 Å². The van der Waals surface area contributed by atoms with Gasteiger partial charge in [-0.15, -0.1) is 0 Å². The second-order valence-corrected chi connectivity index (χ2v) is 5.02. The maximum atomic E-state index is 12.0. The molecule has 0 radical (unpaired) electrons. The number of amides is 1. The minimum Gasteiger partial charge on any atom is -0.383 e. The lowest BCUT2D eigenvalue weighted by Gasteiger charge is -2.28. The molecule has 0 aliphatic carbocycles. The van der Waals surface area contributed by atoms with Gasteiger partial charge in [-0.2, -0.15) is 0 Å². The van der Waals surface area contributed by atoms with E-state index < -0.39 is 6.04 Å². The van der Waals surface area contributed by atoms with E-state index in [1.807, 2.05) is 4.90 Å². The van der Waals surface area contributed by atoms with E-state index in [2.05, 4.69) is 13.8 Å². The normalized spacial score (nSPS) is 22.8. The monoisotopic (exact) mass is 228 g/mol. The van der Waals surface area contributed by atoms with Crippen LogP contribution in [0.15, 0.2) is 0 Å². The van der Waals surface area contributed by atoms with Crippen LogP contribution in [0.3, 0.4) is 0 Å². The summed E-state index contributed by atoms with van der Waals surface area (Å²) in [6, 6.07) is -0.117. The van der Waals surface area contributed by atoms with Crippen LogP contribution in [0.1, 0.15) is 33.1 Å². The highest BCUT2D eigenvalue weighted by molar-refractivity contribution is 5.82. The molecule has 1 rings (SSSR count). The van der Waals surface area contributed by atoms with Gasteiger partial charge in [0.1, 0.15) is 6.04 Å². The van der Waals surface area contributed by atoms with E-state index in [1.165, 1.54) is 0 Å². The van der Waals surface area contributed by atoms with Crippen molar-refractivity contribution >= 4 is 5.91 Å². The third-order valence-electron chi connectivity index (χ3n) is 3.07. The predicted molar refractivity (Wildman–Crippen MR) is 64.0 cm³/mol. The van der Waals surface area contributed by atoms with Gasteiger partial charge in [0.25, 0.3) is 0 Å². The van der Waals surface area contributed by atoms with Gasteiger partial charge in [0.2, 0.25) is 5.91 Å². The van der Waals surface area contributed by atoms with E-state index in [4.69, 9.17) is 10.5 Å². The maximum absolute atomic E-state index is 12.0. The summed E-state index contributed by atoms with van der Waals surface area (Å²) >= 11 is 0. The van der Waals surface area contributed by atoms with Crippen LogP contribution in [-0.4, -0.2) is 43.2 Å². The summed E-state index contributed by atoms with van der Waals surface area (Å²) in [5.74, 6) is 0.669. The minimum absolute atomic E-state index is 0.0463. The Morgan fingerprint density at radius 1 is 1.56 bits per heavy atom. The van der Waals surface area contributed by atoms with Crippen LogP contribution in [0.5, 0.6) is 0 Å². The second-order valence-electron chi connectivity index (χ2n) is 5.02. The van der Waals surface area contributed by atoms with E-state index in [0.717, 1.165) is 25.8 Å². The molecule has 1 fully saturated rings. The van der Waals surface area contributed by atoms with Gasteiger partial charge in [0.15, 0.2) is 0 Å². The molecule has 0 aromatic heterocycles. The van der Waals surface area contributed by atoms with Crippen molar-refractivity contribution in [2.24, 2.45) is 11.7 Å². The Labute approximate surface area is 98.1 Å². The first-order valence-electron chi connectivity index (χ1n) is 6.11. The van der Waals surface area contributed by atoms with Crippen molar-refractivity contribution in [1.82, 2.24) is 4.90 Å². The summed E-state index contributed by atoms with van der Waals surface area (Å²) in [7, 11) is 1.57. The van der Waals surface area contributed by atoms with Gasteiger partial charge in [0.05, 0.1) is 6.61 Å². The molecule has 0 bridgehead atoms. The Hall–Kier alpha value is -0.610. The smallest absolute Gasteiger partial charge is 0.242 e. The van der Waals surface area contributed by atoms with Gasteiger partial charge in [-0.05, 0) is 25.2 Å². The first-order chi connectivity index (χ1) is 7.56. The van der Waals surface area contributed by atoms with E-state index in [0.29, 0.717) is 18.6 Å². The molecule has 1 heterocycles. The number of likely N-dealkylation sites (tertiary alicyclic amines) is 1. The summed E-state index contributed by atoms with van der Waals surface area (Å²) in [5, 5.41) is 0. The molecule has 1 aliphatic rings. The third-order valence-corrected chi connectivity index (χ3v) is 3.07. The molecule has 2 N–H and O–H groups in total. The second kappa shape index (κ2) is 6.21. The Morgan fingerprint density at radius 2 is 2.25 bits per heavy atom. The van der Waals surface area contributed by atoms with Crippen LogP contribution in [-0.2, 0) is 9.53 Å². The molecule has 0 saturated carbocycles. The molecule has 1 amide bonds. The van der Waals surface area contributed by atoms with Crippen molar-refractivity contribution in [2.45, 2.75) is 45.2 Å². The first kappa shape index (κ1) is 13.5. The minimum atomic E-state index is -0.502. The van der Waals surface area contributed by atoms with Crippen LogP contribution in [0.2, 0.25) is 0 Å². The highest BCUT2D eigenvalue weighted by atomic mass is 16.5. The predicted octanol–water partition coefficient (Wildman–Crippen LogP) is 0.997. The number of rotatable bonds is 5. The van der Waals surface area contributed by atoms with E-state index in [9.17, 15) is 4.79 Å². The lowest BCUT2D eigenvalue weighted by molar-refractivity contribution is -0.134. The molecule has 1 saturated heterocycles. The number of nitrogens with zero attached hydrogens (tertiary/aromatic N) is 1. The molecule has 94 valence electrons. The largest absolute Gasteiger partial charge is 0.383 e. The van der Waals surface area contributed by atoms with Gasteiger partial charge in [0, 0.05) is 19.7 Å². The zero-order valence-corrected chi connectivity index (χ0v) is 10.6. The van der Waals surface area contributed by atoms with Crippen LogP contribution in [0, 0.1) is 5.92 Å². The lowest BCUT2D eigenvalue weighted by atomic mass is 10.0. The maximum Gasteiger partial charge on any atom is 0.242 e. The molecule has 16 heavy (non-hydrogen) atoms. The SMILES string of the molecule is COCC(N)C(=O)N1CCCC1CC(C)C. The fourth-order valence-electron chi connectivity index (χ4n) is 2.38. The molecule has 0 aromatic carbocycles. The average molecular weight is 228 g/mol. The van der Waals surface area contributed by atoms with Gasteiger partial charge in [-0.25, -0.2) is 0 Å². The molecule has 2 unspecified atom stereocenters.